The average molecular weight is 427 g/mol. The van der Waals surface area contributed by atoms with Crippen molar-refractivity contribution in [3.63, 3.8) is 0 Å². The van der Waals surface area contributed by atoms with Crippen molar-refractivity contribution in [3.05, 3.63) is 57.7 Å². The van der Waals surface area contributed by atoms with Gasteiger partial charge in [-0.25, -0.2) is 4.68 Å². The van der Waals surface area contributed by atoms with Crippen LogP contribution in [0.15, 0.2) is 41.5 Å². The molecule has 6 nitrogen and oxygen atoms in total. The summed E-state index contributed by atoms with van der Waals surface area (Å²) in [6.07, 6.45) is -1.53. The van der Waals surface area contributed by atoms with E-state index >= 15 is 0 Å². The Morgan fingerprint density at radius 3 is 2.52 bits per heavy atom. The minimum atomic E-state index is -4.63. The molecule has 0 saturated carbocycles. The fraction of sp³-hybridized carbons (Fsp3) is 0.316. The maximum Gasteiger partial charge on any atom is 0.436 e. The number of pyridine rings is 1. The van der Waals surface area contributed by atoms with E-state index in [9.17, 15) is 18.0 Å². The number of halogens is 4. The molecule has 0 aliphatic carbocycles. The van der Waals surface area contributed by atoms with Gasteiger partial charge in [0.15, 0.2) is 5.69 Å². The van der Waals surface area contributed by atoms with Crippen LogP contribution < -0.4 is 10.3 Å². The SMILES string of the molecule is CCC(C)n1cc(OC)c(-c2cc(Cl)ccc2-n2cc(C(F)(F)F)nn2)cc1=O. The summed E-state index contributed by atoms with van der Waals surface area (Å²) in [5.41, 5.74) is -0.343. The van der Waals surface area contributed by atoms with Crippen LogP contribution in [0.1, 0.15) is 32.0 Å². The van der Waals surface area contributed by atoms with Gasteiger partial charge in [0.25, 0.3) is 5.56 Å². The third-order valence-corrected chi connectivity index (χ3v) is 4.84. The summed E-state index contributed by atoms with van der Waals surface area (Å²) in [5, 5.41) is 7.11. The lowest BCUT2D eigenvalue weighted by atomic mass is 10.0. The highest BCUT2D eigenvalue weighted by Crippen LogP contribution is 2.36. The molecule has 2 aromatic heterocycles. The van der Waals surface area contributed by atoms with Crippen LogP contribution in [0, 0.1) is 0 Å². The Balaban J connectivity index is 2.22. The largest absolute Gasteiger partial charge is 0.495 e. The summed E-state index contributed by atoms with van der Waals surface area (Å²) in [5.74, 6) is 0.379. The van der Waals surface area contributed by atoms with Crippen LogP contribution in [-0.2, 0) is 6.18 Å². The van der Waals surface area contributed by atoms with Crippen molar-refractivity contribution in [1.82, 2.24) is 19.6 Å². The van der Waals surface area contributed by atoms with Crippen molar-refractivity contribution in [2.45, 2.75) is 32.5 Å². The Morgan fingerprint density at radius 1 is 1.21 bits per heavy atom. The molecule has 0 bridgehead atoms. The second-order valence-corrected chi connectivity index (χ2v) is 6.90. The molecule has 0 radical (unpaired) electrons. The molecule has 1 atom stereocenters. The van der Waals surface area contributed by atoms with Crippen molar-refractivity contribution in [2.75, 3.05) is 7.11 Å². The second kappa shape index (κ2) is 7.90. The average Bonchev–Trinajstić information content (AvgIpc) is 3.17. The van der Waals surface area contributed by atoms with E-state index in [1.165, 1.54) is 31.4 Å². The monoisotopic (exact) mass is 426 g/mol. The fourth-order valence-electron chi connectivity index (χ4n) is 2.88. The van der Waals surface area contributed by atoms with Gasteiger partial charge in [0.2, 0.25) is 0 Å². The molecule has 2 heterocycles. The van der Waals surface area contributed by atoms with Gasteiger partial charge < -0.3 is 9.30 Å². The zero-order valence-corrected chi connectivity index (χ0v) is 16.6. The predicted molar refractivity (Wildman–Crippen MR) is 103 cm³/mol. The molecule has 0 aliphatic rings. The Kier molecular flexibility index (Phi) is 5.70. The van der Waals surface area contributed by atoms with Crippen LogP contribution in [0.3, 0.4) is 0 Å². The zero-order valence-electron chi connectivity index (χ0n) is 15.9. The number of hydrogen-bond donors (Lipinski definition) is 0. The molecule has 0 spiro atoms. The zero-order chi connectivity index (χ0) is 21.3. The topological polar surface area (TPSA) is 61.9 Å². The number of methoxy groups -OCH3 is 1. The predicted octanol–water partition coefficient (Wildman–Crippen LogP) is 4.75. The van der Waals surface area contributed by atoms with Gasteiger partial charge >= 0.3 is 6.18 Å². The minimum Gasteiger partial charge on any atom is -0.495 e. The summed E-state index contributed by atoms with van der Waals surface area (Å²) in [4.78, 5) is 12.6. The first-order valence-corrected chi connectivity index (χ1v) is 9.13. The molecule has 0 N–H and O–H groups in total. The number of aromatic nitrogens is 4. The number of rotatable bonds is 5. The van der Waals surface area contributed by atoms with Gasteiger partial charge in [0.1, 0.15) is 5.75 Å². The maximum absolute atomic E-state index is 12.9. The first-order chi connectivity index (χ1) is 13.7. The number of hydrogen-bond acceptors (Lipinski definition) is 4. The van der Waals surface area contributed by atoms with Gasteiger partial charge in [-0.3, -0.25) is 4.79 Å². The summed E-state index contributed by atoms with van der Waals surface area (Å²) in [6.45, 7) is 3.86. The molecule has 3 aromatic rings. The molecule has 29 heavy (non-hydrogen) atoms. The first kappa shape index (κ1) is 20.9. The smallest absolute Gasteiger partial charge is 0.436 e. The molecular weight excluding hydrogens is 409 g/mol. The van der Waals surface area contributed by atoms with Gasteiger partial charge in [0, 0.05) is 28.3 Å². The number of alkyl halides is 3. The van der Waals surface area contributed by atoms with Crippen molar-refractivity contribution in [1.29, 1.82) is 0 Å². The van der Waals surface area contributed by atoms with E-state index in [4.69, 9.17) is 16.3 Å². The molecule has 0 fully saturated rings. The summed E-state index contributed by atoms with van der Waals surface area (Å²) >= 11 is 6.12. The lowest BCUT2D eigenvalue weighted by Gasteiger charge is -2.18. The molecule has 1 aromatic carbocycles. The fourth-order valence-corrected chi connectivity index (χ4v) is 3.05. The van der Waals surface area contributed by atoms with E-state index in [0.29, 0.717) is 21.9 Å². The third kappa shape index (κ3) is 4.14. The second-order valence-electron chi connectivity index (χ2n) is 6.47. The highest BCUT2D eigenvalue weighted by molar-refractivity contribution is 6.31. The molecule has 10 heteroatoms. The maximum atomic E-state index is 12.9. The Bertz CT molecular complexity index is 1090. The van der Waals surface area contributed by atoms with Crippen molar-refractivity contribution in [3.8, 4) is 22.6 Å². The van der Waals surface area contributed by atoms with E-state index in [1.54, 1.807) is 10.8 Å². The highest BCUT2D eigenvalue weighted by Gasteiger charge is 2.34. The Morgan fingerprint density at radius 2 is 1.93 bits per heavy atom. The minimum absolute atomic E-state index is 0.0473. The highest BCUT2D eigenvalue weighted by atomic mass is 35.5. The molecule has 0 saturated heterocycles. The van der Waals surface area contributed by atoms with E-state index in [1.807, 2.05) is 13.8 Å². The van der Waals surface area contributed by atoms with Gasteiger partial charge in [-0.05, 0) is 31.5 Å². The number of nitrogens with zero attached hydrogens (tertiary/aromatic N) is 4. The van der Waals surface area contributed by atoms with E-state index < -0.39 is 11.9 Å². The molecular formula is C19H18ClF3N4O2. The van der Waals surface area contributed by atoms with Crippen LogP contribution in [-0.4, -0.2) is 26.7 Å². The van der Waals surface area contributed by atoms with E-state index in [0.717, 1.165) is 17.3 Å². The summed E-state index contributed by atoms with van der Waals surface area (Å²) < 4.78 is 46.8. The van der Waals surface area contributed by atoms with Crippen LogP contribution in [0.2, 0.25) is 5.02 Å². The first-order valence-electron chi connectivity index (χ1n) is 8.75. The normalized spacial score (nSPS) is 12.8. The third-order valence-electron chi connectivity index (χ3n) is 4.61. The van der Waals surface area contributed by atoms with Gasteiger partial charge in [-0.15, -0.1) is 5.10 Å². The van der Waals surface area contributed by atoms with Gasteiger partial charge in [-0.2, -0.15) is 13.2 Å². The van der Waals surface area contributed by atoms with Crippen molar-refractivity contribution in [2.24, 2.45) is 0 Å². The Hall–Kier alpha value is -2.81. The lowest BCUT2D eigenvalue weighted by Crippen LogP contribution is -2.22. The van der Waals surface area contributed by atoms with Crippen LogP contribution in [0.5, 0.6) is 5.75 Å². The molecule has 1 unspecified atom stereocenters. The van der Waals surface area contributed by atoms with Crippen molar-refractivity contribution >= 4 is 11.6 Å². The van der Waals surface area contributed by atoms with Crippen LogP contribution in [0.25, 0.3) is 16.8 Å². The molecule has 154 valence electrons. The van der Waals surface area contributed by atoms with Crippen LogP contribution >= 0.6 is 11.6 Å². The number of benzene rings is 1. The van der Waals surface area contributed by atoms with E-state index in [-0.39, 0.29) is 17.3 Å². The van der Waals surface area contributed by atoms with Crippen LogP contribution in [0.4, 0.5) is 13.2 Å². The standard InChI is InChI=1S/C19H18ClF3N4O2/c1-4-11(2)26-9-16(29-3)14(8-18(26)28)13-7-12(20)5-6-15(13)27-10-17(24-25-27)19(21,22)23/h5-11H,4H2,1-3H3. The quantitative estimate of drug-likeness (QED) is 0.590. The summed E-state index contributed by atoms with van der Waals surface area (Å²) in [6, 6.07) is 5.89. The van der Waals surface area contributed by atoms with Gasteiger partial charge in [-0.1, -0.05) is 23.7 Å². The number of ether oxygens (including phenoxy) is 1. The van der Waals surface area contributed by atoms with E-state index in [2.05, 4.69) is 10.3 Å². The molecule has 3 rings (SSSR count). The molecule has 0 amide bonds. The summed E-state index contributed by atoms with van der Waals surface area (Å²) in [7, 11) is 1.45. The van der Waals surface area contributed by atoms with Crippen molar-refractivity contribution < 1.29 is 17.9 Å². The van der Waals surface area contributed by atoms with Gasteiger partial charge in [0.05, 0.1) is 25.2 Å². The molecule has 0 aliphatic heterocycles. The Labute approximate surface area is 169 Å². The lowest BCUT2D eigenvalue weighted by molar-refractivity contribution is -0.141.